The summed E-state index contributed by atoms with van der Waals surface area (Å²) in [6, 6.07) is 16.8. The van der Waals surface area contributed by atoms with Gasteiger partial charge in [-0.3, -0.25) is 14.7 Å². The number of hydrogen-bond acceptors (Lipinski definition) is 6. The summed E-state index contributed by atoms with van der Waals surface area (Å²) < 4.78 is 12.3. The van der Waals surface area contributed by atoms with Crippen molar-refractivity contribution < 1.29 is 14.3 Å². The fourth-order valence-corrected chi connectivity index (χ4v) is 4.26. The number of carbonyl (C=O) groups excluding carboxylic acids is 1. The zero-order valence-corrected chi connectivity index (χ0v) is 19.1. The largest absolute Gasteiger partial charge is 0.494 e. The number of aromatic nitrogens is 2. The number of rotatable bonds is 8. The molecule has 0 atom stereocenters. The number of nitrogens with zero attached hydrogens (tertiary/aromatic N) is 3. The van der Waals surface area contributed by atoms with E-state index in [0.717, 1.165) is 27.3 Å². The lowest BCUT2D eigenvalue weighted by molar-refractivity contribution is 0.0985. The number of carbonyl (C=O) groups is 1. The summed E-state index contributed by atoms with van der Waals surface area (Å²) >= 11 is 1.47. The minimum Gasteiger partial charge on any atom is -0.494 e. The number of benzene rings is 2. The van der Waals surface area contributed by atoms with Crippen LogP contribution in [0.2, 0.25) is 0 Å². The predicted molar refractivity (Wildman–Crippen MR) is 128 cm³/mol. The van der Waals surface area contributed by atoms with Gasteiger partial charge in [0.15, 0.2) is 5.13 Å². The zero-order chi connectivity index (χ0) is 22.5. The number of anilines is 1. The quantitative estimate of drug-likeness (QED) is 0.345. The molecule has 4 aromatic rings. The van der Waals surface area contributed by atoms with Crippen molar-refractivity contribution in [3.8, 4) is 11.5 Å². The minimum absolute atomic E-state index is 0.0722. The second kappa shape index (κ2) is 9.78. The third kappa shape index (κ3) is 5.06. The zero-order valence-electron chi connectivity index (χ0n) is 18.3. The number of amides is 1. The summed E-state index contributed by atoms with van der Waals surface area (Å²) in [6.45, 7) is 6.86. The topological polar surface area (TPSA) is 64.5 Å². The second-order valence-corrected chi connectivity index (χ2v) is 8.51. The minimum atomic E-state index is -0.131. The maximum Gasteiger partial charge on any atom is 0.260 e. The molecule has 0 spiro atoms. The predicted octanol–water partition coefficient (Wildman–Crippen LogP) is 5.72. The van der Waals surface area contributed by atoms with E-state index in [9.17, 15) is 4.79 Å². The van der Waals surface area contributed by atoms with Gasteiger partial charge in [-0.25, -0.2) is 4.98 Å². The standard InChI is InChI=1S/C25H25N3O3S/c1-4-30-21-11-12-22-23(14-21)32-25(27-22)28(16-18-6-5-13-26-15-18)24(29)19-7-9-20(10-8-19)31-17(2)3/h5-15,17H,4,16H2,1-3H3. The van der Waals surface area contributed by atoms with Crippen LogP contribution < -0.4 is 14.4 Å². The van der Waals surface area contributed by atoms with Crippen molar-refractivity contribution in [3.63, 3.8) is 0 Å². The molecule has 0 fully saturated rings. The molecule has 0 aliphatic rings. The molecule has 2 aromatic carbocycles. The molecular formula is C25H25N3O3S. The van der Waals surface area contributed by atoms with Gasteiger partial charge in [0, 0.05) is 18.0 Å². The highest BCUT2D eigenvalue weighted by atomic mass is 32.1. The number of ether oxygens (including phenoxy) is 2. The molecule has 6 nitrogen and oxygen atoms in total. The second-order valence-electron chi connectivity index (χ2n) is 7.50. The first-order valence-electron chi connectivity index (χ1n) is 10.5. The van der Waals surface area contributed by atoms with E-state index in [1.165, 1.54) is 11.3 Å². The molecule has 164 valence electrons. The molecule has 0 unspecified atom stereocenters. The van der Waals surface area contributed by atoms with Crippen molar-refractivity contribution >= 4 is 32.6 Å². The van der Waals surface area contributed by atoms with Gasteiger partial charge < -0.3 is 9.47 Å². The third-order valence-corrected chi connectivity index (χ3v) is 5.71. The van der Waals surface area contributed by atoms with E-state index in [-0.39, 0.29) is 12.0 Å². The molecule has 2 heterocycles. The van der Waals surface area contributed by atoms with Crippen LogP contribution in [0.4, 0.5) is 5.13 Å². The van der Waals surface area contributed by atoms with Crippen molar-refractivity contribution in [2.24, 2.45) is 0 Å². The van der Waals surface area contributed by atoms with Crippen molar-refractivity contribution in [2.45, 2.75) is 33.4 Å². The van der Waals surface area contributed by atoms with Crippen molar-refractivity contribution in [2.75, 3.05) is 11.5 Å². The van der Waals surface area contributed by atoms with Crippen LogP contribution in [0.1, 0.15) is 36.7 Å². The molecule has 0 aliphatic heterocycles. The molecule has 0 N–H and O–H groups in total. The molecule has 4 rings (SSSR count). The van der Waals surface area contributed by atoms with Gasteiger partial charge in [-0.1, -0.05) is 17.4 Å². The van der Waals surface area contributed by atoms with Crippen molar-refractivity contribution in [3.05, 3.63) is 78.1 Å². The lowest BCUT2D eigenvalue weighted by Crippen LogP contribution is -2.30. The highest BCUT2D eigenvalue weighted by Crippen LogP contribution is 2.33. The summed E-state index contributed by atoms with van der Waals surface area (Å²) in [5.74, 6) is 1.40. The Morgan fingerprint density at radius 1 is 1.09 bits per heavy atom. The third-order valence-electron chi connectivity index (χ3n) is 4.67. The number of pyridine rings is 1. The molecule has 0 bridgehead atoms. The monoisotopic (exact) mass is 447 g/mol. The Balaban J connectivity index is 1.68. The Morgan fingerprint density at radius 2 is 1.88 bits per heavy atom. The maximum atomic E-state index is 13.5. The van der Waals surface area contributed by atoms with Crippen LogP contribution in [0.15, 0.2) is 67.0 Å². The Bertz CT molecular complexity index is 1190. The molecule has 0 aliphatic carbocycles. The Morgan fingerprint density at radius 3 is 2.56 bits per heavy atom. The SMILES string of the molecule is CCOc1ccc2nc(N(Cc3cccnc3)C(=O)c3ccc(OC(C)C)cc3)sc2c1. The summed E-state index contributed by atoms with van der Waals surface area (Å²) in [5, 5.41) is 0.630. The maximum absolute atomic E-state index is 13.5. The van der Waals surface area contributed by atoms with E-state index >= 15 is 0 Å². The average molecular weight is 448 g/mol. The lowest BCUT2D eigenvalue weighted by Gasteiger charge is -2.20. The van der Waals surface area contributed by atoms with Gasteiger partial charge >= 0.3 is 0 Å². The van der Waals surface area contributed by atoms with Crippen LogP contribution in [-0.2, 0) is 6.54 Å². The van der Waals surface area contributed by atoms with Gasteiger partial charge in [0.1, 0.15) is 11.5 Å². The van der Waals surface area contributed by atoms with Crippen LogP contribution in [0.25, 0.3) is 10.2 Å². The van der Waals surface area contributed by atoms with E-state index in [4.69, 9.17) is 14.5 Å². The average Bonchev–Trinajstić information content (AvgIpc) is 3.21. The van der Waals surface area contributed by atoms with Crippen LogP contribution in [0.5, 0.6) is 11.5 Å². The number of fused-ring (bicyclic) bond motifs is 1. The van der Waals surface area contributed by atoms with Gasteiger partial charge in [0.25, 0.3) is 5.91 Å². The summed E-state index contributed by atoms with van der Waals surface area (Å²) in [6.07, 6.45) is 3.55. The smallest absolute Gasteiger partial charge is 0.260 e. The van der Waals surface area contributed by atoms with Gasteiger partial charge in [-0.2, -0.15) is 0 Å². The van der Waals surface area contributed by atoms with Crippen LogP contribution >= 0.6 is 11.3 Å². The first kappa shape index (κ1) is 21.8. The van der Waals surface area contributed by atoms with Crippen LogP contribution in [0, 0.1) is 0 Å². The molecule has 0 radical (unpaired) electrons. The molecule has 0 saturated carbocycles. The lowest BCUT2D eigenvalue weighted by atomic mass is 10.1. The van der Waals surface area contributed by atoms with Gasteiger partial charge in [0.2, 0.25) is 0 Å². The summed E-state index contributed by atoms with van der Waals surface area (Å²) in [5.41, 5.74) is 2.33. The van der Waals surface area contributed by atoms with E-state index in [0.29, 0.717) is 23.8 Å². The van der Waals surface area contributed by atoms with E-state index in [2.05, 4.69) is 4.98 Å². The fraction of sp³-hybridized carbons (Fsp3) is 0.240. The van der Waals surface area contributed by atoms with Crippen LogP contribution in [0.3, 0.4) is 0 Å². The summed E-state index contributed by atoms with van der Waals surface area (Å²) in [7, 11) is 0. The molecule has 2 aromatic heterocycles. The molecular weight excluding hydrogens is 422 g/mol. The normalized spacial score (nSPS) is 11.0. The van der Waals surface area contributed by atoms with E-state index in [1.807, 2.05) is 63.2 Å². The highest BCUT2D eigenvalue weighted by molar-refractivity contribution is 7.22. The molecule has 7 heteroatoms. The number of thiazole rings is 1. The van der Waals surface area contributed by atoms with E-state index < -0.39 is 0 Å². The summed E-state index contributed by atoms with van der Waals surface area (Å²) in [4.78, 5) is 24.2. The van der Waals surface area contributed by atoms with Crippen molar-refractivity contribution in [1.29, 1.82) is 0 Å². The molecule has 0 saturated heterocycles. The van der Waals surface area contributed by atoms with Gasteiger partial charge in [-0.15, -0.1) is 0 Å². The Hall–Kier alpha value is -3.45. The molecule has 32 heavy (non-hydrogen) atoms. The first-order chi connectivity index (χ1) is 15.5. The van der Waals surface area contributed by atoms with Gasteiger partial charge in [0.05, 0.1) is 29.5 Å². The highest BCUT2D eigenvalue weighted by Gasteiger charge is 2.22. The Kier molecular flexibility index (Phi) is 6.66. The molecule has 1 amide bonds. The fourth-order valence-electron chi connectivity index (χ4n) is 3.27. The van der Waals surface area contributed by atoms with E-state index in [1.54, 1.807) is 29.4 Å². The first-order valence-corrected chi connectivity index (χ1v) is 11.4. The Labute approximate surface area is 191 Å². The number of hydrogen-bond donors (Lipinski definition) is 0. The van der Waals surface area contributed by atoms with Crippen molar-refractivity contribution in [1.82, 2.24) is 9.97 Å². The van der Waals surface area contributed by atoms with Crippen LogP contribution in [-0.4, -0.2) is 28.6 Å². The van der Waals surface area contributed by atoms with Gasteiger partial charge in [-0.05, 0) is 74.9 Å².